The fourth-order valence-electron chi connectivity index (χ4n) is 2.65. The van der Waals surface area contributed by atoms with Gasteiger partial charge >= 0.3 is 0 Å². The van der Waals surface area contributed by atoms with Crippen molar-refractivity contribution in [3.63, 3.8) is 0 Å². The first-order chi connectivity index (χ1) is 10.3. The Hall–Kier alpha value is -0.780. The molecule has 0 aromatic heterocycles. The first kappa shape index (κ1) is 17.6. The zero-order valence-corrected chi connectivity index (χ0v) is 15.2. The van der Waals surface area contributed by atoms with Gasteiger partial charge in [0, 0.05) is 17.4 Å². The van der Waals surface area contributed by atoms with Crippen LogP contribution in [0, 0.1) is 0 Å². The fraction of sp³-hybridized carbons (Fsp3) is 0.562. The lowest BCUT2D eigenvalue weighted by atomic mass is 9.98. The minimum absolute atomic E-state index is 0.0621. The molecule has 1 atom stereocenters. The second kappa shape index (κ2) is 7.20. The molecular formula is C16H21BrClNO3. The van der Waals surface area contributed by atoms with Gasteiger partial charge in [-0.25, -0.2) is 0 Å². The summed E-state index contributed by atoms with van der Waals surface area (Å²) in [6.07, 6.45) is 1.22. The molecule has 6 heteroatoms. The van der Waals surface area contributed by atoms with Crippen LogP contribution in [0.1, 0.15) is 33.1 Å². The number of likely N-dealkylation sites (tertiary alicyclic amines) is 1. The summed E-state index contributed by atoms with van der Waals surface area (Å²) in [6.45, 7) is 4.86. The van der Waals surface area contributed by atoms with Gasteiger partial charge in [0.25, 0.3) is 0 Å². The molecule has 1 unspecified atom stereocenters. The highest BCUT2D eigenvalue weighted by Gasteiger charge is 2.42. The lowest BCUT2D eigenvalue weighted by Crippen LogP contribution is -2.48. The molecule has 2 rings (SSSR count). The molecule has 1 aliphatic rings. The highest BCUT2D eigenvalue weighted by atomic mass is 79.9. The number of halogens is 2. The summed E-state index contributed by atoms with van der Waals surface area (Å²) in [7, 11) is 0. The van der Waals surface area contributed by atoms with Crippen molar-refractivity contribution >= 4 is 33.4 Å². The maximum absolute atomic E-state index is 12.3. The van der Waals surface area contributed by atoms with E-state index < -0.39 is 11.6 Å². The highest BCUT2D eigenvalue weighted by molar-refractivity contribution is 9.10. The molecule has 0 bridgehead atoms. The number of rotatable bonds is 5. The van der Waals surface area contributed by atoms with Crippen LogP contribution in [0.25, 0.3) is 0 Å². The maximum atomic E-state index is 12.3. The van der Waals surface area contributed by atoms with Crippen molar-refractivity contribution in [1.82, 2.24) is 4.90 Å². The van der Waals surface area contributed by atoms with E-state index in [9.17, 15) is 9.90 Å². The minimum atomic E-state index is -0.479. The van der Waals surface area contributed by atoms with E-state index in [0.29, 0.717) is 43.2 Å². The molecular weight excluding hydrogens is 370 g/mol. The molecule has 22 heavy (non-hydrogen) atoms. The second-order valence-corrected chi connectivity index (χ2v) is 7.35. The molecule has 0 spiro atoms. The minimum Gasteiger partial charge on any atom is -0.492 e. The molecule has 122 valence electrons. The lowest BCUT2D eigenvalue weighted by molar-refractivity contribution is -0.136. The first-order valence-electron chi connectivity index (χ1n) is 7.39. The summed E-state index contributed by atoms with van der Waals surface area (Å²) in [5.41, 5.74) is -0.479. The van der Waals surface area contributed by atoms with Gasteiger partial charge in [-0.1, -0.05) is 27.5 Å². The zero-order valence-electron chi connectivity index (χ0n) is 12.8. The third kappa shape index (κ3) is 3.94. The Labute approximate surface area is 144 Å². The molecule has 0 aliphatic carbocycles. The number of carbonyl (C=O) groups is 1. The summed E-state index contributed by atoms with van der Waals surface area (Å²) in [4.78, 5) is 14.0. The van der Waals surface area contributed by atoms with Crippen molar-refractivity contribution in [2.24, 2.45) is 0 Å². The lowest BCUT2D eigenvalue weighted by Gasteiger charge is -2.33. The number of amides is 1. The van der Waals surface area contributed by atoms with Crippen molar-refractivity contribution in [1.29, 1.82) is 0 Å². The number of hydrogen-bond acceptors (Lipinski definition) is 3. The molecule has 1 saturated heterocycles. The molecule has 1 heterocycles. The van der Waals surface area contributed by atoms with Crippen molar-refractivity contribution < 1.29 is 14.6 Å². The van der Waals surface area contributed by atoms with E-state index in [1.807, 2.05) is 19.9 Å². The number of carbonyl (C=O) groups excluding carboxylic acids is 1. The number of aliphatic hydroxyl groups is 1. The standard InChI is InChI=1S/C16H21BrClNO3/c1-16(2)14(20)7-8-19(16)15(21)4-3-9-22-13-6-5-11(17)10-12(13)18/h5-6,10,14,20H,3-4,7-9H2,1-2H3. The third-order valence-corrected chi connectivity index (χ3v) is 4.91. The molecule has 1 N–H and O–H groups in total. The molecule has 1 fully saturated rings. The Balaban J connectivity index is 1.78. The van der Waals surface area contributed by atoms with Gasteiger partial charge in [-0.05, 0) is 44.9 Å². The smallest absolute Gasteiger partial charge is 0.223 e. The van der Waals surface area contributed by atoms with E-state index in [0.717, 1.165) is 4.47 Å². The number of ether oxygens (including phenoxy) is 1. The number of benzene rings is 1. The predicted molar refractivity (Wildman–Crippen MR) is 90.3 cm³/mol. The Bertz CT molecular complexity index is 550. The van der Waals surface area contributed by atoms with Gasteiger partial charge in [0.1, 0.15) is 5.75 Å². The van der Waals surface area contributed by atoms with Gasteiger partial charge in [0.15, 0.2) is 0 Å². The topological polar surface area (TPSA) is 49.8 Å². The van der Waals surface area contributed by atoms with Crippen LogP contribution in [-0.2, 0) is 4.79 Å². The van der Waals surface area contributed by atoms with Crippen LogP contribution in [0.15, 0.2) is 22.7 Å². The Kier molecular flexibility index (Phi) is 5.75. The van der Waals surface area contributed by atoms with Gasteiger partial charge in [-0.15, -0.1) is 0 Å². The molecule has 4 nitrogen and oxygen atoms in total. The number of aliphatic hydroxyl groups excluding tert-OH is 1. The highest BCUT2D eigenvalue weighted by Crippen LogP contribution is 2.30. The maximum Gasteiger partial charge on any atom is 0.223 e. The van der Waals surface area contributed by atoms with E-state index in [1.165, 1.54) is 0 Å². The Morgan fingerprint density at radius 2 is 2.27 bits per heavy atom. The summed E-state index contributed by atoms with van der Waals surface area (Å²) in [5.74, 6) is 0.682. The largest absolute Gasteiger partial charge is 0.492 e. The van der Waals surface area contributed by atoms with E-state index in [-0.39, 0.29) is 5.91 Å². The fourth-order valence-corrected chi connectivity index (χ4v) is 3.38. The van der Waals surface area contributed by atoms with E-state index in [1.54, 1.807) is 17.0 Å². The average Bonchev–Trinajstić information content (AvgIpc) is 2.71. The summed E-state index contributed by atoms with van der Waals surface area (Å²) < 4.78 is 6.50. The quantitative estimate of drug-likeness (QED) is 0.781. The Morgan fingerprint density at radius 3 is 2.86 bits per heavy atom. The van der Waals surface area contributed by atoms with Crippen molar-refractivity contribution in [3.05, 3.63) is 27.7 Å². The van der Waals surface area contributed by atoms with E-state index in [4.69, 9.17) is 16.3 Å². The number of nitrogens with zero attached hydrogens (tertiary/aromatic N) is 1. The Morgan fingerprint density at radius 1 is 1.55 bits per heavy atom. The summed E-state index contributed by atoms with van der Waals surface area (Å²) >= 11 is 9.41. The first-order valence-corrected chi connectivity index (χ1v) is 8.56. The molecule has 1 aromatic rings. The van der Waals surface area contributed by atoms with Crippen molar-refractivity contribution in [2.45, 2.75) is 44.8 Å². The zero-order chi connectivity index (χ0) is 16.3. The molecule has 1 amide bonds. The van der Waals surface area contributed by atoms with Gasteiger partial charge in [-0.2, -0.15) is 0 Å². The van der Waals surface area contributed by atoms with Gasteiger partial charge in [-0.3, -0.25) is 4.79 Å². The normalized spacial score (nSPS) is 20.2. The average molecular weight is 391 g/mol. The van der Waals surface area contributed by atoms with Gasteiger partial charge in [0.2, 0.25) is 5.91 Å². The van der Waals surface area contributed by atoms with Gasteiger partial charge in [0.05, 0.1) is 23.3 Å². The van der Waals surface area contributed by atoms with Crippen molar-refractivity contribution in [3.8, 4) is 5.75 Å². The van der Waals surface area contributed by atoms with Crippen LogP contribution in [0.2, 0.25) is 5.02 Å². The summed E-state index contributed by atoms with van der Waals surface area (Å²) in [6, 6.07) is 5.44. The number of hydrogen-bond donors (Lipinski definition) is 1. The van der Waals surface area contributed by atoms with E-state index >= 15 is 0 Å². The third-order valence-electron chi connectivity index (χ3n) is 4.12. The van der Waals surface area contributed by atoms with Crippen LogP contribution in [0.3, 0.4) is 0 Å². The van der Waals surface area contributed by atoms with Crippen LogP contribution < -0.4 is 4.74 Å². The van der Waals surface area contributed by atoms with Crippen LogP contribution in [-0.4, -0.2) is 40.7 Å². The van der Waals surface area contributed by atoms with Crippen LogP contribution in [0.4, 0.5) is 0 Å². The molecule has 1 aliphatic heterocycles. The van der Waals surface area contributed by atoms with Crippen LogP contribution in [0.5, 0.6) is 5.75 Å². The molecule has 0 radical (unpaired) electrons. The molecule has 1 aromatic carbocycles. The molecule has 0 saturated carbocycles. The SMILES string of the molecule is CC1(C)C(O)CCN1C(=O)CCCOc1ccc(Br)cc1Cl. The van der Waals surface area contributed by atoms with Gasteiger partial charge < -0.3 is 14.7 Å². The van der Waals surface area contributed by atoms with E-state index in [2.05, 4.69) is 15.9 Å². The predicted octanol–water partition coefficient (Wildman–Crippen LogP) is 3.63. The van der Waals surface area contributed by atoms with Crippen molar-refractivity contribution in [2.75, 3.05) is 13.2 Å². The van der Waals surface area contributed by atoms with Crippen LogP contribution >= 0.6 is 27.5 Å². The summed E-state index contributed by atoms with van der Waals surface area (Å²) in [5, 5.41) is 10.5. The monoisotopic (exact) mass is 389 g/mol. The second-order valence-electron chi connectivity index (χ2n) is 6.03.